The third-order valence-corrected chi connectivity index (χ3v) is 8.08. The Morgan fingerprint density at radius 3 is 2.69 bits per heavy atom. The van der Waals surface area contributed by atoms with E-state index in [2.05, 4.69) is 22.8 Å². The minimum Gasteiger partial charge on any atom is -0.493 e. The first-order valence-electron chi connectivity index (χ1n) is 14.7. The molecule has 6 rings (SSSR count). The molecule has 42 heavy (non-hydrogen) atoms. The van der Waals surface area contributed by atoms with Crippen LogP contribution in [0.25, 0.3) is 32.8 Å². The van der Waals surface area contributed by atoms with Gasteiger partial charge in [0, 0.05) is 47.5 Å². The summed E-state index contributed by atoms with van der Waals surface area (Å²) in [6, 6.07) is 16.7. The summed E-state index contributed by atoms with van der Waals surface area (Å²) in [6.07, 6.45) is 3.05. The number of hydrogen-bond acceptors (Lipinski definition) is 5. The van der Waals surface area contributed by atoms with Crippen molar-refractivity contribution in [3.63, 3.8) is 0 Å². The number of para-hydroxylation sites is 1. The number of hydrogen-bond donors (Lipinski definition) is 0. The number of fused-ring (bicyclic) bond motifs is 3. The van der Waals surface area contributed by atoms with Crippen LogP contribution in [0.3, 0.4) is 0 Å². The minimum absolute atomic E-state index is 0.265. The summed E-state index contributed by atoms with van der Waals surface area (Å²) in [5.41, 5.74) is 6.65. The van der Waals surface area contributed by atoms with E-state index >= 15 is 0 Å². The summed E-state index contributed by atoms with van der Waals surface area (Å²) in [5, 5.41) is 7.06. The average Bonchev–Trinajstić information content (AvgIpc) is 3.45. The quantitative estimate of drug-likeness (QED) is 0.154. The maximum atomic E-state index is 14.3. The van der Waals surface area contributed by atoms with Crippen molar-refractivity contribution in [2.24, 2.45) is 7.05 Å². The Kier molecular flexibility index (Phi) is 7.98. The summed E-state index contributed by atoms with van der Waals surface area (Å²) in [6.45, 7) is 6.38. The van der Waals surface area contributed by atoms with Crippen LogP contribution in [0.1, 0.15) is 53.6 Å². The Balaban J connectivity index is 1.41. The lowest BCUT2D eigenvalue weighted by Gasteiger charge is -2.13. The van der Waals surface area contributed by atoms with Crippen LogP contribution >= 0.6 is 0 Å². The first-order chi connectivity index (χ1) is 20.5. The first kappa shape index (κ1) is 28.0. The molecule has 0 saturated carbocycles. The molecule has 1 aliphatic rings. The fourth-order valence-corrected chi connectivity index (χ4v) is 6.25. The largest absolute Gasteiger partial charge is 0.493 e. The summed E-state index contributed by atoms with van der Waals surface area (Å²) in [4.78, 5) is 13.6. The number of aryl methyl sites for hydroxylation is 4. The standard InChI is InChI=1S/C34H36FN3O4/c1-4-41-34(39)33-26(15-10-20-42-30-17-16-28(35)23-11-5-6-12-24(23)30)25-13-9-14-27-31-22(2)36-37(3)29(31)21-40-19-8-7-18-38(33)32(25)27/h5-6,9,11-14,16-17H,4,7-8,10,15,18-21H2,1-3H3. The third kappa shape index (κ3) is 5.04. The highest BCUT2D eigenvalue weighted by molar-refractivity contribution is 6.05. The van der Waals surface area contributed by atoms with Crippen LogP contribution in [0.5, 0.6) is 5.75 Å². The molecule has 8 heteroatoms. The van der Waals surface area contributed by atoms with E-state index < -0.39 is 0 Å². The molecule has 7 nitrogen and oxygen atoms in total. The molecule has 3 aromatic carbocycles. The van der Waals surface area contributed by atoms with Crippen molar-refractivity contribution in [1.29, 1.82) is 0 Å². The van der Waals surface area contributed by atoms with Crippen LogP contribution in [0, 0.1) is 12.7 Å². The summed E-state index contributed by atoms with van der Waals surface area (Å²) in [7, 11) is 1.95. The van der Waals surface area contributed by atoms with E-state index in [1.54, 1.807) is 12.1 Å². The lowest BCUT2D eigenvalue weighted by molar-refractivity contribution is 0.0512. The van der Waals surface area contributed by atoms with E-state index in [9.17, 15) is 9.18 Å². The normalized spacial score (nSPS) is 13.6. The van der Waals surface area contributed by atoms with Crippen molar-refractivity contribution in [2.75, 3.05) is 19.8 Å². The van der Waals surface area contributed by atoms with Gasteiger partial charge in [-0.3, -0.25) is 4.68 Å². The Hall–Kier alpha value is -4.17. The molecular weight excluding hydrogens is 533 g/mol. The maximum Gasteiger partial charge on any atom is 0.355 e. The SMILES string of the molecule is CCOC(=O)c1c(CCCOc2ccc(F)c3ccccc23)c2cccc3c2n1CCCCOCc1c-3c(C)nn1C. The van der Waals surface area contributed by atoms with Gasteiger partial charge in [0.15, 0.2) is 0 Å². The van der Waals surface area contributed by atoms with Gasteiger partial charge in [0.05, 0.1) is 36.7 Å². The molecule has 0 radical (unpaired) electrons. The predicted octanol–water partition coefficient (Wildman–Crippen LogP) is 7.14. The minimum atomic E-state index is -0.311. The second kappa shape index (κ2) is 12.0. The molecule has 1 aliphatic heterocycles. The second-order valence-electron chi connectivity index (χ2n) is 10.7. The molecule has 0 unspecified atom stereocenters. The molecule has 5 aromatic rings. The van der Waals surface area contributed by atoms with Crippen LogP contribution in [-0.4, -0.2) is 40.1 Å². The van der Waals surface area contributed by atoms with Gasteiger partial charge in [-0.25, -0.2) is 9.18 Å². The topological polar surface area (TPSA) is 67.5 Å². The van der Waals surface area contributed by atoms with Gasteiger partial charge in [0.25, 0.3) is 0 Å². The van der Waals surface area contributed by atoms with Gasteiger partial charge in [-0.15, -0.1) is 0 Å². The molecule has 218 valence electrons. The Labute approximate surface area is 244 Å². The summed E-state index contributed by atoms with van der Waals surface area (Å²) < 4.78 is 36.2. The van der Waals surface area contributed by atoms with E-state index in [1.807, 2.05) is 43.8 Å². The smallest absolute Gasteiger partial charge is 0.355 e. The van der Waals surface area contributed by atoms with Crippen LogP contribution in [0.4, 0.5) is 4.39 Å². The van der Waals surface area contributed by atoms with Crippen molar-refractivity contribution in [3.8, 4) is 16.9 Å². The van der Waals surface area contributed by atoms with Gasteiger partial charge >= 0.3 is 5.97 Å². The maximum absolute atomic E-state index is 14.3. The molecular formula is C34H36FN3O4. The highest BCUT2D eigenvalue weighted by atomic mass is 19.1. The Bertz CT molecular complexity index is 1770. The number of halogens is 1. The van der Waals surface area contributed by atoms with E-state index in [1.165, 1.54) is 6.07 Å². The third-order valence-electron chi connectivity index (χ3n) is 8.08. The number of esters is 1. The molecule has 0 spiro atoms. The van der Waals surface area contributed by atoms with Crippen molar-refractivity contribution in [1.82, 2.24) is 14.3 Å². The fraction of sp³-hybridized carbons (Fsp3) is 0.353. The van der Waals surface area contributed by atoms with Gasteiger partial charge in [-0.05, 0) is 57.2 Å². The number of rotatable bonds is 7. The van der Waals surface area contributed by atoms with Crippen LogP contribution < -0.4 is 4.74 Å². The molecule has 0 saturated heterocycles. The highest BCUT2D eigenvalue weighted by Gasteiger charge is 2.28. The van der Waals surface area contributed by atoms with Crippen LogP contribution in [0.2, 0.25) is 0 Å². The van der Waals surface area contributed by atoms with Crippen LogP contribution in [-0.2, 0) is 36.1 Å². The number of carbonyl (C=O) groups excluding carboxylic acids is 1. The van der Waals surface area contributed by atoms with Gasteiger partial charge in [-0.1, -0.05) is 42.5 Å². The predicted molar refractivity (Wildman–Crippen MR) is 161 cm³/mol. The zero-order valence-electron chi connectivity index (χ0n) is 24.4. The molecule has 0 fully saturated rings. The zero-order chi connectivity index (χ0) is 29.2. The van der Waals surface area contributed by atoms with E-state index in [-0.39, 0.29) is 11.8 Å². The van der Waals surface area contributed by atoms with E-state index in [0.717, 1.165) is 57.2 Å². The number of carbonyl (C=O) groups is 1. The Morgan fingerprint density at radius 2 is 1.86 bits per heavy atom. The van der Waals surface area contributed by atoms with Crippen molar-refractivity contribution < 1.29 is 23.4 Å². The molecule has 0 bridgehead atoms. The molecule has 3 heterocycles. The monoisotopic (exact) mass is 569 g/mol. The lowest BCUT2D eigenvalue weighted by Crippen LogP contribution is -2.15. The fourth-order valence-electron chi connectivity index (χ4n) is 6.25. The number of aromatic nitrogens is 3. The molecule has 0 aliphatic carbocycles. The molecule has 0 amide bonds. The molecule has 0 atom stereocenters. The van der Waals surface area contributed by atoms with Gasteiger partial charge in [0.1, 0.15) is 17.3 Å². The van der Waals surface area contributed by atoms with Crippen LogP contribution in [0.15, 0.2) is 54.6 Å². The molecule has 2 aromatic heterocycles. The number of nitrogens with zero attached hydrogens (tertiary/aromatic N) is 3. The lowest BCUT2D eigenvalue weighted by atomic mass is 9.98. The van der Waals surface area contributed by atoms with Gasteiger partial charge < -0.3 is 18.8 Å². The number of ether oxygens (including phenoxy) is 3. The average molecular weight is 570 g/mol. The first-order valence-corrected chi connectivity index (χ1v) is 14.7. The molecule has 0 N–H and O–H groups in total. The second-order valence-corrected chi connectivity index (χ2v) is 10.7. The Morgan fingerprint density at radius 1 is 1.05 bits per heavy atom. The van der Waals surface area contributed by atoms with Crippen molar-refractivity contribution in [2.45, 2.75) is 52.7 Å². The van der Waals surface area contributed by atoms with Gasteiger partial charge in [0.2, 0.25) is 0 Å². The zero-order valence-corrected chi connectivity index (χ0v) is 24.4. The number of benzene rings is 3. The summed E-state index contributed by atoms with van der Waals surface area (Å²) >= 11 is 0. The van der Waals surface area contributed by atoms with Crippen molar-refractivity contribution >= 4 is 27.6 Å². The van der Waals surface area contributed by atoms with Crippen molar-refractivity contribution in [3.05, 3.63) is 83.1 Å². The van der Waals surface area contributed by atoms with E-state index in [0.29, 0.717) is 62.6 Å². The highest BCUT2D eigenvalue weighted by Crippen LogP contribution is 2.39. The summed E-state index contributed by atoms with van der Waals surface area (Å²) in [5.74, 6) is 0.0758. The van der Waals surface area contributed by atoms with E-state index in [4.69, 9.17) is 19.3 Å². The van der Waals surface area contributed by atoms with Gasteiger partial charge in [-0.2, -0.15) is 5.10 Å².